The van der Waals surface area contributed by atoms with Gasteiger partial charge in [-0.1, -0.05) is 26.2 Å². The molecule has 2 nitrogen and oxygen atoms in total. The summed E-state index contributed by atoms with van der Waals surface area (Å²) in [7, 11) is 0. The monoisotopic (exact) mass is 282 g/mol. The van der Waals surface area contributed by atoms with Crippen molar-refractivity contribution in [3.05, 3.63) is 35.4 Å². The normalized spacial score (nSPS) is 18.1. The number of hydrogen-bond donors (Lipinski definition) is 1. The van der Waals surface area contributed by atoms with Crippen LogP contribution in [0.15, 0.2) is 18.2 Å². The molecule has 1 fully saturated rings. The maximum atomic E-state index is 13.5. The first-order valence-electron chi connectivity index (χ1n) is 7.61. The quantitative estimate of drug-likeness (QED) is 0.803. The number of rotatable bonds is 6. The first kappa shape index (κ1) is 15.4. The van der Waals surface area contributed by atoms with E-state index in [4.69, 9.17) is 0 Å². The Bertz CT molecular complexity index is 397. The van der Waals surface area contributed by atoms with Crippen LogP contribution in [-0.4, -0.2) is 31.1 Å². The molecule has 2 rings (SSSR count). The SMILES string of the molecule is CCCCC[C@@H](c1cc(F)cc(F)c1)N1CCNCC1. The van der Waals surface area contributed by atoms with Gasteiger partial charge in [0.2, 0.25) is 0 Å². The van der Waals surface area contributed by atoms with Gasteiger partial charge < -0.3 is 5.32 Å². The van der Waals surface area contributed by atoms with E-state index in [9.17, 15) is 8.78 Å². The lowest BCUT2D eigenvalue weighted by Crippen LogP contribution is -2.45. The van der Waals surface area contributed by atoms with Crippen molar-refractivity contribution in [3.63, 3.8) is 0 Å². The summed E-state index contributed by atoms with van der Waals surface area (Å²) in [6, 6.07) is 4.06. The molecule has 1 aliphatic rings. The molecular formula is C16H24F2N2. The van der Waals surface area contributed by atoms with Crippen molar-refractivity contribution in [2.75, 3.05) is 26.2 Å². The number of piperazine rings is 1. The van der Waals surface area contributed by atoms with Crippen LogP contribution in [0, 0.1) is 11.6 Å². The van der Waals surface area contributed by atoms with Crippen LogP contribution in [-0.2, 0) is 0 Å². The van der Waals surface area contributed by atoms with Crippen molar-refractivity contribution in [1.29, 1.82) is 0 Å². The van der Waals surface area contributed by atoms with E-state index in [0.717, 1.165) is 57.1 Å². The Morgan fingerprint density at radius 3 is 2.35 bits per heavy atom. The van der Waals surface area contributed by atoms with E-state index in [1.165, 1.54) is 18.6 Å². The molecule has 0 aliphatic carbocycles. The topological polar surface area (TPSA) is 15.3 Å². The van der Waals surface area contributed by atoms with E-state index in [-0.39, 0.29) is 6.04 Å². The minimum absolute atomic E-state index is 0.133. The van der Waals surface area contributed by atoms with Crippen molar-refractivity contribution in [2.24, 2.45) is 0 Å². The molecule has 112 valence electrons. The van der Waals surface area contributed by atoms with Gasteiger partial charge in [-0.15, -0.1) is 0 Å². The Morgan fingerprint density at radius 1 is 1.10 bits per heavy atom. The fourth-order valence-corrected chi connectivity index (χ4v) is 2.91. The molecular weight excluding hydrogens is 258 g/mol. The highest BCUT2D eigenvalue weighted by Gasteiger charge is 2.22. The summed E-state index contributed by atoms with van der Waals surface area (Å²) >= 11 is 0. The van der Waals surface area contributed by atoms with Gasteiger partial charge in [0.1, 0.15) is 11.6 Å². The minimum atomic E-state index is -0.476. The first-order chi connectivity index (χ1) is 9.70. The van der Waals surface area contributed by atoms with Crippen LogP contribution in [0.1, 0.15) is 44.2 Å². The smallest absolute Gasteiger partial charge is 0.126 e. The number of nitrogens with zero attached hydrogens (tertiary/aromatic N) is 1. The number of benzene rings is 1. The molecule has 1 heterocycles. The van der Waals surface area contributed by atoms with Crippen molar-refractivity contribution in [1.82, 2.24) is 10.2 Å². The second-order valence-electron chi connectivity index (χ2n) is 5.50. The van der Waals surface area contributed by atoms with Gasteiger partial charge in [-0.25, -0.2) is 8.78 Å². The van der Waals surface area contributed by atoms with Crippen molar-refractivity contribution < 1.29 is 8.78 Å². The van der Waals surface area contributed by atoms with Crippen molar-refractivity contribution in [3.8, 4) is 0 Å². The molecule has 1 aromatic carbocycles. The van der Waals surface area contributed by atoms with Gasteiger partial charge in [0, 0.05) is 38.3 Å². The lowest BCUT2D eigenvalue weighted by molar-refractivity contribution is 0.162. The second-order valence-corrected chi connectivity index (χ2v) is 5.50. The Kier molecular flexibility index (Phi) is 5.92. The number of nitrogens with one attached hydrogen (secondary N) is 1. The van der Waals surface area contributed by atoms with Crippen LogP contribution >= 0.6 is 0 Å². The van der Waals surface area contributed by atoms with Crippen LogP contribution in [0.2, 0.25) is 0 Å². The van der Waals surface area contributed by atoms with Crippen LogP contribution in [0.5, 0.6) is 0 Å². The third kappa shape index (κ3) is 4.25. The lowest BCUT2D eigenvalue weighted by atomic mass is 9.98. The zero-order valence-corrected chi connectivity index (χ0v) is 12.2. The lowest BCUT2D eigenvalue weighted by Gasteiger charge is -2.35. The molecule has 0 amide bonds. The maximum Gasteiger partial charge on any atom is 0.126 e. The van der Waals surface area contributed by atoms with Crippen LogP contribution in [0.3, 0.4) is 0 Å². The Hall–Kier alpha value is -1.00. The molecule has 0 bridgehead atoms. The zero-order valence-electron chi connectivity index (χ0n) is 12.2. The molecule has 0 spiro atoms. The van der Waals surface area contributed by atoms with E-state index in [1.807, 2.05) is 0 Å². The Morgan fingerprint density at radius 2 is 1.75 bits per heavy atom. The number of halogens is 2. The average molecular weight is 282 g/mol. The molecule has 0 saturated carbocycles. The van der Waals surface area contributed by atoms with Crippen LogP contribution in [0.25, 0.3) is 0 Å². The van der Waals surface area contributed by atoms with E-state index in [1.54, 1.807) is 0 Å². The van der Waals surface area contributed by atoms with Gasteiger partial charge in [-0.3, -0.25) is 4.90 Å². The fourth-order valence-electron chi connectivity index (χ4n) is 2.91. The molecule has 1 N–H and O–H groups in total. The molecule has 4 heteroatoms. The summed E-state index contributed by atoms with van der Waals surface area (Å²) in [5.74, 6) is -0.953. The van der Waals surface area contributed by atoms with Crippen LogP contribution < -0.4 is 5.32 Å². The summed E-state index contributed by atoms with van der Waals surface area (Å²) in [5.41, 5.74) is 0.778. The largest absolute Gasteiger partial charge is 0.314 e. The Labute approximate surface area is 120 Å². The zero-order chi connectivity index (χ0) is 14.4. The van der Waals surface area contributed by atoms with E-state index >= 15 is 0 Å². The van der Waals surface area contributed by atoms with Crippen LogP contribution in [0.4, 0.5) is 8.78 Å². The summed E-state index contributed by atoms with van der Waals surface area (Å²) in [6.45, 7) is 5.94. The molecule has 1 aliphatic heterocycles. The van der Waals surface area contributed by atoms with E-state index in [0.29, 0.717) is 0 Å². The molecule has 1 saturated heterocycles. The van der Waals surface area contributed by atoms with E-state index in [2.05, 4.69) is 17.1 Å². The van der Waals surface area contributed by atoms with E-state index < -0.39 is 11.6 Å². The minimum Gasteiger partial charge on any atom is -0.314 e. The molecule has 0 unspecified atom stereocenters. The molecule has 0 radical (unpaired) electrons. The highest BCUT2D eigenvalue weighted by molar-refractivity contribution is 5.21. The van der Waals surface area contributed by atoms with Gasteiger partial charge in [-0.2, -0.15) is 0 Å². The highest BCUT2D eigenvalue weighted by atomic mass is 19.1. The van der Waals surface area contributed by atoms with Gasteiger partial charge in [0.05, 0.1) is 0 Å². The third-order valence-corrected chi connectivity index (χ3v) is 3.94. The van der Waals surface area contributed by atoms with Gasteiger partial charge in [0.25, 0.3) is 0 Å². The summed E-state index contributed by atoms with van der Waals surface area (Å²) < 4.78 is 26.9. The molecule has 1 atom stereocenters. The predicted molar refractivity (Wildman–Crippen MR) is 77.7 cm³/mol. The van der Waals surface area contributed by atoms with Crippen molar-refractivity contribution >= 4 is 0 Å². The molecule has 1 aromatic rings. The van der Waals surface area contributed by atoms with Gasteiger partial charge in [0.15, 0.2) is 0 Å². The average Bonchev–Trinajstić information content (AvgIpc) is 2.43. The summed E-state index contributed by atoms with van der Waals surface area (Å²) in [5, 5.41) is 3.32. The van der Waals surface area contributed by atoms with Gasteiger partial charge in [-0.05, 0) is 24.1 Å². The summed E-state index contributed by atoms with van der Waals surface area (Å²) in [6.07, 6.45) is 4.39. The summed E-state index contributed by atoms with van der Waals surface area (Å²) in [4.78, 5) is 2.35. The predicted octanol–water partition coefficient (Wildman–Crippen LogP) is 3.49. The molecule has 0 aromatic heterocycles. The standard InChI is InChI=1S/C16H24F2N2/c1-2-3-4-5-16(20-8-6-19-7-9-20)13-10-14(17)12-15(18)11-13/h10-12,16,19H,2-9H2,1H3/t16-/m0/s1. The highest BCUT2D eigenvalue weighted by Crippen LogP contribution is 2.28. The first-order valence-corrected chi connectivity index (χ1v) is 7.61. The second kappa shape index (κ2) is 7.70. The Balaban J connectivity index is 2.15. The number of unbranched alkanes of at least 4 members (excludes halogenated alkanes) is 2. The fraction of sp³-hybridized carbons (Fsp3) is 0.625. The van der Waals surface area contributed by atoms with Crippen molar-refractivity contribution in [2.45, 2.75) is 38.6 Å². The maximum absolute atomic E-state index is 13.5. The number of hydrogen-bond acceptors (Lipinski definition) is 2. The third-order valence-electron chi connectivity index (χ3n) is 3.94. The molecule has 20 heavy (non-hydrogen) atoms. The van der Waals surface area contributed by atoms with Gasteiger partial charge >= 0.3 is 0 Å².